The van der Waals surface area contributed by atoms with E-state index in [1.165, 1.54) is 60.7 Å². The van der Waals surface area contributed by atoms with Gasteiger partial charge in [0.05, 0.1) is 23.5 Å². The van der Waals surface area contributed by atoms with Gasteiger partial charge < -0.3 is 14.9 Å². The van der Waals surface area contributed by atoms with Gasteiger partial charge in [-0.1, -0.05) is 104 Å². The van der Waals surface area contributed by atoms with Crippen LogP contribution in [0.15, 0.2) is 91.4 Å². The van der Waals surface area contributed by atoms with Crippen molar-refractivity contribution in [2.75, 3.05) is 26.2 Å². The van der Waals surface area contributed by atoms with E-state index in [9.17, 15) is 0 Å². The molecule has 2 N–H and O–H groups in total. The first kappa shape index (κ1) is 49.6. The maximum atomic E-state index is 15.1. The van der Waals surface area contributed by atoms with Crippen molar-refractivity contribution in [1.82, 2.24) is 30.2 Å². The SMILES string of the molecule is C=C(C)CCC(C)(C)Cc1c(-c2cccnc2C(C)C)n(CC)c2ccc(-c3cc(CC(NC(=C)C(C(C)C)N4CCC(CCCC5CC5)C4)C(=C)N4CCCCN4)cc(C(F)F)c3)cc12. The molecule has 0 bridgehead atoms. The number of nitrogens with one attached hydrogen (secondary N) is 2. The minimum Gasteiger partial charge on any atom is -0.379 e. The zero-order valence-electron chi connectivity index (χ0n) is 41.9. The van der Waals surface area contributed by atoms with E-state index in [2.05, 4.69) is 124 Å². The fourth-order valence-electron chi connectivity index (χ4n) is 11.2. The zero-order valence-corrected chi connectivity index (χ0v) is 41.9. The average Bonchev–Trinajstić information content (AvgIpc) is 3.92. The van der Waals surface area contributed by atoms with Crippen molar-refractivity contribution in [3.63, 3.8) is 0 Å². The van der Waals surface area contributed by atoms with Gasteiger partial charge in [0.1, 0.15) is 0 Å². The minimum atomic E-state index is -2.61. The Morgan fingerprint density at radius 1 is 0.939 bits per heavy atom. The molecule has 4 aromatic rings. The number of alkyl halides is 2. The van der Waals surface area contributed by atoms with Crippen molar-refractivity contribution in [2.45, 2.75) is 163 Å². The van der Waals surface area contributed by atoms with Gasteiger partial charge in [-0.05, 0) is 153 Å². The number of halogens is 2. The number of aromatic nitrogens is 2. The van der Waals surface area contributed by atoms with Crippen LogP contribution < -0.4 is 10.7 Å². The predicted octanol–water partition coefficient (Wildman–Crippen LogP) is 14.4. The van der Waals surface area contributed by atoms with Crippen LogP contribution in [0.1, 0.15) is 154 Å². The standard InChI is InChI=1S/C58H82F2N6/c1-12-65-53-23-22-46(35-50(53)51(36-58(10,11)26-24-38(2)3)56(65)49-19-16-27-61-54(49)39(4)5)47-31-45(32-48(34-47)57(59)60)33-52(42(9)66-29-14-13-28-62-66)63-41(8)55(40(6)7)64-30-25-44(37-64)18-15-17-43-20-21-43/h16,19,22-23,27,31-32,34-35,39-40,43-44,52,55,57,62-63H,2,8-9,12-15,17-18,20-21,24-26,28-30,33,36-37H2,1,3-7,10-11H3. The van der Waals surface area contributed by atoms with E-state index < -0.39 is 6.43 Å². The first-order valence-corrected chi connectivity index (χ1v) is 25.6. The Labute approximate surface area is 397 Å². The molecular weight excluding hydrogens is 819 g/mol. The molecule has 66 heavy (non-hydrogen) atoms. The first-order valence-electron chi connectivity index (χ1n) is 25.6. The highest BCUT2D eigenvalue weighted by atomic mass is 19.3. The van der Waals surface area contributed by atoms with E-state index in [0.717, 1.165) is 122 Å². The van der Waals surface area contributed by atoms with Crippen molar-refractivity contribution < 1.29 is 8.78 Å². The van der Waals surface area contributed by atoms with Gasteiger partial charge in [-0.2, -0.15) is 0 Å². The molecule has 7 rings (SSSR count). The lowest BCUT2D eigenvalue weighted by Gasteiger charge is -2.39. The molecule has 3 atom stereocenters. The van der Waals surface area contributed by atoms with Crippen LogP contribution in [0.4, 0.5) is 8.78 Å². The Bertz CT molecular complexity index is 2310. The van der Waals surface area contributed by atoms with Crippen molar-refractivity contribution in [3.8, 4) is 22.4 Å². The molecule has 0 spiro atoms. The Morgan fingerprint density at radius 3 is 2.38 bits per heavy atom. The largest absolute Gasteiger partial charge is 0.379 e. The number of benzene rings is 2. The van der Waals surface area contributed by atoms with E-state index in [1.54, 1.807) is 12.1 Å². The van der Waals surface area contributed by atoms with Crippen LogP contribution in [0, 0.1) is 23.2 Å². The van der Waals surface area contributed by atoms with Gasteiger partial charge in [0.15, 0.2) is 0 Å². The summed E-state index contributed by atoms with van der Waals surface area (Å²) in [6.45, 7) is 36.4. The molecule has 2 aliphatic heterocycles. The molecule has 4 heterocycles. The van der Waals surface area contributed by atoms with Crippen molar-refractivity contribution in [2.24, 2.45) is 23.2 Å². The normalized spacial score (nSPS) is 18.2. The highest BCUT2D eigenvalue weighted by Gasteiger charge is 2.34. The van der Waals surface area contributed by atoms with Crippen LogP contribution >= 0.6 is 0 Å². The zero-order chi connectivity index (χ0) is 47.3. The predicted molar refractivity (Wildman–Crippen MR) is 275 cm³/mol. The topological polar surface area (TPSA) is 48.4 Å². The number of hydrogen-bond acceptors (Lipinski definition) is 5. The maximum Gasteiger partial charge on any atom is 0.263 e. The number of pyridine rings is 1. The molecule has 0 amide bonds. The van der Waals surface area contributed by atoms with Gasteiger partial charge in [-0.25, -0.2) is 14.2 Å². The lowest BCUT2D eigenvalue weighted by atomic mass is 9.79. The molecule has 3 aliphatic rings. The third kappa shape index (κ3) is 12.1. The average molecular weight is 901 g/mol. The summed E-state index contributed by atoms with van der Waals surface area (Å²) in [6, 6.07) is 16.4. The van der Waals surface area contributed by atoms with Crippen LogP contribution in [0.25, 0.3) is 33.3 Å². The number of hydrazine groups is 1. The highest BCUT2D eigenvalue weighted by Crippen LogP contribution is 2.43. The molecule has 1 aliphatic carbocycles. The smallest absolute Gasteiger partial charge is 0.263 e. The summed E-state index contributed by atoms with van der Waals surface area (Å²) in [6.07, 6.45) is 13.0. The maximum absolute atomic E-state index is 15.1. The molecule has 6 nitrogen and oxygen atoms in total. The number of hydrogen-bond donors (Lipinski definition) is 2. The Kier molecular flexibility index (Phi) is 16.4. The summed E-state index contributed by atoms with van der Waals surface area (Å²) in [4.78, 5) is 7.57. The van der Waals surface area contributed by atoms with Gasteiger partial charge >= 0.3 is 0 Å². The van der Waals surface area contributed by atoms with Crippen LogP contribution in [-0.4, -0.2) is 57.7 Å². The van der Waals surface area contributed by atoms with E-state index >= 15 is 8.78 Å². The van der Waals surface area contributed by atoms with Gasteiger partial charge in [0.2, 0.25) is 0 Å². The molecule has 0 radical (unpaired) electrons. The van der Waals surface area contributed by atoms with Crippen molar-refractivity contribution in [3.05, 3.63) is 114 Å². The third-order valence-electron chi connectivity index (χ3n) is 14.9. The van der Waals surface area contributed by atoms with Gasteiger partial charge in [0.25, 0.3) is 6.43 Å². The molecule has 3 unspecified atom stereocenters. The molecule has 1 saturated carbocycles. The van der Waals surface area contributed by atoms with E-state index in [-0.39, 0.29) is 29.0 Å². The van der Waals surface area contributed by atoms with Gasteiger partial charge in [-0.3, -0.25) is 9.88 Å². The molecule has 2 aromatic heterocycles. The van der Waals surface area contributed by atoms with Crippen molar-refractivity contribution >= 4 is 10.9 Å². The third-order valence-corrected chi connectivity index (χ3v) is 14.9. The van der Waals surface area contributed by atoms with E-state index in [0.29, 0.717) is 12.3 Å². The number of rotatable bonds is 23. The Balaban J connectivity index is 1.25. The monoisotopic (exact) mass is 901 g/mol. The second kappa shape index (κ2) is 21.8. The minimum absolute atomic E-state index is 0.0161. The quantitative estimate of drug-likeness (QED) is 0.0727. The number of likely N-dealkylation sites (tertiary alicyclic amines) is 1. The fraction of sp³-hybridized carbons (Fsp3) is 0.569. The summed E-state index contributed by atoms with van der Waals surface area (Å²) >= 11 is 0. The summed E-state index contributed by atoms with van der Waals surface area (Å²) < 4.78 is 32.6. The number of aryl methyl sites for hydroxylation is 1. The van der Waals surface area contributed by atoms with E-state index in [1.807, 2.05) is 12.3 Å². The highest BCUT2D eigenvalue weighted by molar-refractivity contribution is 5.95. The number of fused-ring (bicyclic) bond motifs is 1. The molecule has 8 heteroatoms. The van der Waals surface area contributed by atoms with Crippen LogP contribution in [-0.2, 0) is 19.4 Å². The lowest BCUT2D eigenvalue weighted by Crippen LogP contribution is -2.51. The molecule has 358 valence electrons. The van der Waals surface area contributed by atoms with Gasteiger partial charge in [-0.15, -0.1) is 6.58 Å². The lowest BCUT2D eigenvalue weighted by molar-refractivity contribution is 0.151. The fourth-order valence-corrected chi connectivity index (χ4v) is 11.2. The van der Waals surface area contributed by atoms with Gasteiger partial charge in [0, 0.05) is 65.8 Å². The first-order chi connectivity index (χ1) is 31.5. The molecule has 2 aromatic carbocycles. The Hall–Kier alpha value is -4.27. The summed E-state index contributed by atoms with van der Waals surface area (Å²) in [5, 5.41) is 7.25. The molecular formula is C58H82F2N6. The second-order valence-corrected chi connectivity index (χ2v) is 21.9. The van der Waals surface area contributed by atoms with E-state index in [4.69, 9.17) is 11.6 Å². The molecule has 2 saturated heterocycles. The summed E-state index contributed by atoms with van der Waals surface area (Å²) in [7, 11) is 0. The Morgan fingerprint density at radius 2 is 1.71 bits per heavy atom. The summed E-state index contributed by atoms with van der Waals surface area (Å²) in [5.74, 6) is 2.33. The van der Waals surface area contributed by atoms with Crippen LogP contribution in [0.2, 0.25) is 0 Å². The molecule has 3 fully saturated rings. The van der Waals surface area contributed by atoms with Crippen LogP contribution in [0.5, 0.6) is 0 Å². The number of allylic oxidation sites excluding steroid dienone is 1. The van der Waals surface area contributed by atoms with Crippen LogP contribution in [0.3, 0.4) is 0 Å². The van der Waals surface area contributed by atoms with Crippen molar-refractivity contribution in [1.29, 1.82) is 0 Å². The summed E-state index contributed by atoms with van der Waals surface area (Å²) in [5.41, 5.74) is 15.2. The second-order valence-electron chi connectivity index (χ2n) is 21.9. The number of nitrogens with zero attached hydrogens (tertiary/aromatic N) is 4.